The van der Waals surface area contributed by atoms with Crippen LogP contribution in [0.3, 0.4) is 0 Å². The van der Waals surface area contributed by atoms with Gasteiger partial charge in [0.1, 0.15) is 10.7 Å². The monoisotopic (exact) mass is 238 g/mol. The number of nitrogen functional groups attached to an aromatic ring is 1. The van der Waals surface area contributed by atoms with Crippen LogP contribution >= 0.6 is 11.3 Å². The van der Waals surface area contributed by atoms with Crippen LogP contribution in [0.15, 0.2) is 0 Å². The van der Waals surface area contributed by atoms with Crippen LogP contribution in [0.1, 0.15) is 9.67 Å². The average Bonchev–Trinajstić information content (AvgIpc) is 2.60. The number of rotatable bonds is 3. The second kappa shape index (κ2) is 4.86. The molecule has 5 nitrogen and oxygen atoms in total. The largest absolute Gasteiger partial charge is 0.382 e. The minimum Gasteiger partial charge on any atom is -0.382 e. The third-order valence-electron chi connectivity index (χ3n) is 1.89. The molecule has 1 aromatic rings. The standard InChI is InChI=1S/C10H14N4OS/c1-5-6-14(4)9(15)7-8(11)12-10(16-7)13(2)3/h1H,6,11H2,2-4H3. The van der Waals surface area contributed by atoms with E-state index in [-0.39, 0.29) is 18.3 Å². The van der Waals surface area contributed by atoms with Gasteiger partial charge < -0.3 is 15.5 Å². The molecule has 6 heteroatoms. The summed E-state index contributed by atoms with van der Waals surface area (Å²) in [6, 6.07) is 0. The van der Waals surface area contributed by atoms with Crippen LogP contribution in [-0.4, -0.2) is 43.5 Å². The molecule has 1 heterocycles. The fourth-order valence-corrected chi connectivity index (χ4v) is 1.95. The fourth-order valence-electron chi connectivity index (χ4n) is 1.05. The van der Waals surface area contributed by atoms with E-state index in [2.05, 4.69) is 10.9 Å². The summed E-state index contributed by atoms with van der Waals surface area (Å²) in [5.74, 6) is 2.46. The number of nitrogens with two attached hydrogens (primary N) is 1. The van der Waals surface area contributed by atoms with E-state index in [9.17, 15) is 4.79 Å². The summed E-state index contributed by atoms with van der Waals surface area (Å²) in [6.45, 7) is 0.257. The van der Waals surface area contributed by atoms with Crippen LogP contribution in [0.2, 0.25) is 0 Å². The lowest BCUT2D eigenvalue weighted by Crippen LogP contribution is -2.26. The number of carbonyl (C=O) groups is 1. The highest BCUT2D eigenvalue weighted by atomic mass is 32.1. The molecule has 86 valence electrons. The summed E-state index contributed by atoms with van der Waals surface area (Å²) < 4.78 is 0. The van der Waals surface area contributed by atoms with Gasteiger partial charge in [0, 0.05) is 21.1 Å². The molecule has 0 radical (unpaired) electrons. The van der Waals surface area contributed by atoms with Gasteiger partial charge in [-0.3, -0.25) is 4.79 Å². The van der Waals surface area contributed by atoms with Crippen molar-refractivity contribution < 1.29 is 4.79 Å². The molecule has 0 saturated heterocycles. The molecule has 0 spiro atoms. The van der Waals surface area contributed by atoms with E-state index in [1.165, 1.54) is 16.2 Å². The first-order chi connectivity index (χ1) is 7.47. The average molecular weight is 238 g/mol. The Morgan fingerprint density at radius 1 is 1.56 bits per heavy atom. The van der Waals surface area contributed by atoms with Gasteiger partial charge in [-0.05, 0) is 0 Å². The van der Waals surface area contributed by atoms with Crippen molar-refractivity contribution in [2.24, 2.45) is 0 Å². The first-order valence-corrected chi connectivity index (χ1v) is 5.41. The Hall–Kier alpha value is -1.74. The second-order valence-corrected chi connectivity index (χ2v) is 4.45. The molecule has 0 fully saturated rings. The third-order valence-corrected chi connectivity index (χ3v) is 3.12. The number of hydrogen-bond acceptors (Lipinski definition) is 5. The molecule has 1 amide bonds. The quantitative estimate of drug-likeness (QED) is 0.779. The molecule has 0 saturated carbocycles. The van der Waals surface area contributed by atoms with Crippen LogP contribution in [0.25, 0.3) is 0 Å². The zero-order valence-electron chi connectivity index (χ0n) is 9.52. The molecule has 2 N–H and O–H groups in total. The number of carbonyl (C=O) groups excluding carboxylic acids is 1. The maximum atomic E-state index is 11.9. The topological polar surface area (TPSA) is 62.5 Å². The number of thiazole rings is 1. The van der Waals surface area contributed by atoms with E-state index in [1.807, 2.05) is 14.1 Å². The first kappa shape index (κ1) is 12.3. The fraction of sp³-hybridized carbons (Fsp3) is 0.400. The molecule has 1 rings (SSSR count). The minimum atomic E-state index is -0.193. The molecule has 0 aliphatic rings. The lowest BCUT2D eigenvalue weighted by atomic mass is 10.4. The van der Waals surface area contributed by atoms with Gasteiger partial charge in [0.25, 0.3) is 5.91 Å². The predicted octanol–water partition coefficient (Wildman–Crippen LogP) is 0.497. The Labute approximate surface area is 98.9 Å². The molecular formula is C10H14N4OS. The summed E-state index contributed by atoms with van der Waals surface area (Å²) in [5, 5.41) is 0.704. The van der Waals surface area contributed by atoms with E-state index < -0.39 is 0 Å². The maximum absolute atomic E-state index is 11.9. The van der Waals surface area contributed by atoms with Gasteiger partial charge in [0.15, 0.2) is 5.13 Å². The second-order valence-electron chi connectivity index (χ2n) is 3.47. The summed E-state index contributed by atoms with van der Waals surface area (Å²) >= 11 is 1.26. The highest BCUT2D eigenvalue weighted by Gasteiger charge is 2.19. The molecule has 0 unspecified atom stereocenters. The number of aromatic nitrogens is 1. The van der Waals surface area contributed by atoms with Crippen molar-refractivity contribution in [3.05, 3.63) is 4.88 Å². The molecule has 0 aliphatic heterocycles. The third kappa shape index (κ3) is 2.44. The van der Waals surface area contributed by atoms with Gasteiger partial charge >= 0.3 is 0 Å². The van der Waals surface area contributed by atoms with Crippen molar-refractivity contribution >= 4 is 28.2 Å². The Morgan fingerprint density at radius 3 is 2.62 bits per heavy atom. The highest BCUT2D eigenvalue weighted by molar-refractivity contribution is 7.18. The van der Waals surface area contributed by atoms with Crippen molar-refractivity contribution in [1.82, 2.24) is 9.88 Å². The van der Waals surface area contributed by atoms with Crippen molar-refractivity contribution in [3.63, 3.8) is 0 Å². The smallest absolute Gasteiger partial charge is 0.268 e. The molecule has 0 bridgehead atoms. The van der Waals surface area contributed by atoms with Gasteiger partial charge in [0.2, 0.25) is 0 Å². The molecular weight excluding hydrogens is 224 g/mol. The van der Waals surface area contributed by atoms with E-state index in [0.29, 0.717) is 10.0 Å². The Balaban J connectivity index is 2.96. The maximum Gasteiger partial charge on any atom is 0.268 e. The SMILES string of the molecule is C#CCN(C)C(=O)c1sc(N(C)C)nc1N. The number of hydrogen-bond donors (Lipinski definition) is 1. The normalized spacial score (nSPS) is 9.62. The lowest BCUT2D eigenvalue weighted by molar-refractivity contribution is 0.0818. The molecule has 0 aromatic carbocycles. The summed E-state index contributed by atoms with van der Waals surface area (Å²) in [5.41, 5.74) is 5.69. The van der Waals surface area contributed by atoms with Crippen molar-refractivity contribution in [1.29, 1.82) is 0 Å². The Bertz CT molecular complexity index is 433. The first-order valence-electron chi connectivity index (χ1n) is 4.60. The van der Waals surface area contributed by atoms with Crippen LogP contribution < -0.4 is 10.6 Å². The van der Waals surface area contributed by atoms with E-state index >= 15 is 0 Å². The van der Waals surface area contributed by atoms with Gasteiger partial charge in [-0.25, -0.2) is 4.98 Å². The predicted molar refractivity (Wildman–Crippen MR) is 66.6 cm³/mol. The summed E-state index contributed by atoms with van der Waals surface area (Å²) in [4.78, 5) is 19.7. The Morgan fingerprint density at radius 2 is 2.19 bits per heavy atom. The van der Waals surface area contributed by atoms with Gasteiger partial charge in [-0.2, -0.15) is 0 Å². The van der Waals surface area contributed by atoms with Crippen molar-refractivity contribution in [2.75, 3.05) is 38.3 Å². The Kier molecular flexibility index (Phi) is 3.74. The van der Waals surface area contributed by atoms with Crippen LogP contribution in [0, 0.1) is 12.3 Å². The van der Waals surface area contributed by atoms with Crippen LogP contribution in [0.5, 0.6) is 0 Å². The number of terminal acetylenes is 1. The molecule has 0 atom stereocenters. The van der Waals surface area contributed by atoms with Crippen LogP contribution in [0.4, 0.5) is 10.9 Å². The molecule has 1 aromatic heterocycles. The zero-order valence-corrected chi connectivity index (χ0v) is 10.3. The number of anilines is 2. The highest BCUT2D eigenvalue weighted by Crippen LogP contribution is 2.27. The lowest BCUT2D eigenvalue weighted by Gasteiger charge is -2.12. The van der Waals surface area contributed by atoms with E-state index in [0.717, 1.165) is 0 Å². The minimum absolute atomic E-state index is 0.193. The van der Waals surface area contributed by atoms with Gasteiger partial charge in [-0.15, -0.1) is 6.42 Å². The van der Waals surface area contributed by atoms with E-state index in [4.69, 9.17) is 12.2 Å². The number of amides is 1. The van der Waals surface area contributed by atoms with Crippen molar-refractivity contribution in [2.45, 2.75) is 0 Å². The number of nitrogens with zero attached hydrogens (tertiary/aromatic N) is 3. The van der Waals surface area contributed by atoms with Gasteiger partial charge in [-0.1, -0.05) is 17.3 Å². The molecule has 0 aliphatic carbocycles. The van der Waals surface area contributed by atoms with Gasteiger partial charge in [0.05, 0.1) is 6.54 Å². The summed E-state index contributed by atoms with van der Waals surface area (Å²) in [6.07, 6.45) is 5.14. The molecule has 16 heavy (non-hydrogen) atoms. The zero-order chi connectivity index (χ0) is 12.3. The van der Waals surface area contributed by atoms with E-state index in [1.54, 1.807) is 11.9 Å². The van der Waals surface area contributed by atoms with Crippen molar-refractivity contribution in [3.8, 4) is 12.3 Å². The summed E-state index contributed by atoms with van der Waals surface area (Å²) in [7, 11) is 5.33. The van der Waals surface area contributed by atoms with Crippen LogP contribution in [-0.2, 0) is 0 Å².